The van der Waals surface area contributed by atoms with E-state index in [-0.39, 0.29) is 0 Å². The molecule has 0 amide bonds. The fourth-order valence-corrected chi connectivity index (χ4v) is 4.08. The molecule has 1 saturated carbocycles. The lowest BCUT2D eigenvalue weighted by atomic mass is 9.85. The van der Waals surface area contributed by atoms with Gasteiger partial charge in [0.25, 0.3) is 0 Å². The third kappa shape index (κ3) is 2.52. The first-order chi connectivity index (χ1) is 11.3. The van der Waals surface area contributed by atoms with E-state index in [0.717, 1.165) is 40.1 Å². The Kier molecular flexibility index (Phi) is 3.80. The molecular weight excluding hydrogens is 308 g/mol. The van der Waals surface area contributed by atoms with E-state index in [1.54, 1.807) is 11.8 Å². The van der Waals surface area contributed by atoms with E-state index >= 15 is 0 Å². The van der Waals surface area contributed by atoms with Crippen molar-refractivity contribution >= 4 is 22.8 Å². The Hall–Kier alpha value is -1.89. The maximum atomic E-state index is 4.70. The van der Waals surface area contributed by atoms with Crippen LogP contribution in [0.5, 0.6) is 0 Å². The van der Waals surface area contributed by atoms with Crippen LogP contribution in [-0.2, 0) is 19.3 Å². The molecule has 0 radical (unpaired) electrons. The minimum absolute atomic E-state index is 0.609. The van der Waals surface area contributed by atoms with Crippen molar-refractivity contribution in [2.75, 3.05) is 0 Å². The van der Waals surface area contributed by atoms with Gasteiger partial charge in [-0.15, -0.1) is 10.2 Å². The molecule has 7 heteroatoms. The van der Waals surface area contributed by atoms with E-state index in [1.165, 1.54) is 19.3 Å². The molecule has 4 rings (SSSR count). The van der Waals surface area contributed by atoms with Gasteiger partial charge in [0.05, 0.1) is 17.5 Å². The van der Waals surface area contributed by atoms with Crippen LogP contribution in [0.2, 0.25) is 0 Å². The predicted molar refractivity (Wildman–Crippen MR) is 90.4 cm³/mol. The molecule has 6 nitrogen and oxygen atoms in total. The van der Waals surface area contributed by atoms with Crippen LogP contribution in [0, 0.1) is 0 Å². The average molecular weight is 328 g/mol. The molecule has 0 bridgehead atoms. The molecule has 120 valence electrons. The molecule has 0 saturated heterocycles. The van der Waals surface area contributed by atoms with E-state index < -0.39 is 0 Å². The molecule has 23 heavy (non-hydrogen) atoms. The number of aryl methyl sites for hydroxylation is 1. The minimum Gasteiger partial charge on any atom is -0.319 e. The zero-order valence-electron chi connectivity index (χ0n) is 13.4. The summed E-state index contributed by atoms with van der Waals surface area (Å²) in [4.78, 5) is 8.86. The summed E-state index contributed by atoms with van der Waals surface area (Å²) in [6.07, 6.45) is 7.45. The van der Waals surface area contributed by atoms with Crippen LogP contribution in [-0.4, -0.2) is 29.3 Å². The zero-order valence-corrected chi connectivity index (χ0v) is 14.3. The number of hydrogen-bond donors (Lipinski definition) is 0. The van der Waals surface area contributed by atoms with Gasteiger partial charge in [-0.3, -0.25) is 4.98 Å². The van der Waals surface area contributed by atoms with Crippen LogP contribution in [0.4, 0.5) is 0 Å². The molecular formula is C16H20N6S. The van der Waals surface area contributed by atoms with Gasteiger partial charge in [0.1, 0.15) is 17.2 Å². The molecule has 3 aromatic heterocycles. The van der Waals surface area contributed by atoms with Crippen molar-refractivity contribution < 1.29 is 0 Å². The van der Waals surface area contributed by atoms with Crippen molar-refractivity contribution in [3.63, 3.8) is 0 Å². The zero-order chi connectivity index (χ0) is 15.8. The first-order valence-corrected chi connectivity index (χ1v) is 9.07. The molecule has 3 heterocycles. The highest BCUT2D eigenvalue weighted by Crippen LogP contribution is 2.35. The summed E-state index contributed by atoms with van der Waals surface area (Å²) in [6, 6.07) is 2.02. The van der Waals surface area contributed by atoms with Crippen molar-refractivity contribution in [1.82, 2.24) is 29.3 Å². The second kappa shape index (κ2) is 5.96. The van der Waals surface area contributed by atoms with Gasteiger partial charge in [0, 0.05) is 25.7 Å². The highest BCUT2D eigenvalue weighted by Gasteiger charge is 2.25. The van der Waals surface area contributed by atoms with E-state index in [2.05, 4.69) is 38.3 Å². The smallest absolute Gasteiger partial charge is 0.169 e. The Labute approximate surface area is 139 Å². The van der Waals surface area contributed by atoms with Crippen molar-refractivity contribution in [3.8, 4) is 0 Å². The topological polar surface area (TPSA) is 61.4 Å². The normalized spacial score (nSPS) is 15.2. The lowest BCUT2D eigenvalue weighted by Gasteiger charge is -2.24. The highest BCUT2D eigenvalue weighted by atomic mass is 32.2. The van der Waals surface area contributed by atoms with E-state index in [4.69, 9.17) is 4.98 Å². The van der Waals surface area contributed by atoms with E-state index in [0.29, 0.717) is 5.92 Å². The van der Waals surface area contributed by atoms with Gasteiger partial charge in [-0.05, 0) is 25.8 Å². The summed E-state index contributed by atoms with van der Waals surface area (Å²) in [5, 5.41) is 9.80. The van der Waals surface area contributed by atoms with Crippen LogP contribution in [0.3, 0.4) is 0 Å². The third-order valence-electron chi connectivity index (χ3n) is 4.63. The van der Waals surface area contributed by atoms with Gasteiger partial charge in [-0.25, -0.2) is 4.98 Å². The third-order valence-corrected chi connectivity index (χ3v) is 5.60. The molecule has 1 aliphatic rings. The Morgan fingerprint density at radius 1 is 1.30 bits per heavy atom. The molecule has 1 aliphatic carbocycles. The summed E-state index contributed by atoms with van der Waals surface area (Å²) in [5.74, 6) is 3.55. The summed E-state index contributed by atoms with van der Waals surface area (Å²) in [5.41, 5.74) is 2.09. The van der Waals surface area contributed by atoms with Gasteiger partial charge in [-0.2, -0.15) is 0 Å². The molecule has 0 atom stereocenters. The standard InChI is InChI=1S/C16H20N6S/c1-3-22-13-7-8-17-9-12(13)18-16(22)23-10-14-19-20-15(21(14)2)11-5-4-6-11/h7-9,11H,3-6,10H2,1-2H3. The number of rotatable bonds is 5. The molecule has 3 aromatic rings. The Morgan fingerprint density at radius 2 is 2.17 bits per heavy atom. The second-order valence-electron chi connectivity index (χ2n) is 5.95. The fourth-order valence-electron chi connectivity index (χ4n) is 3.03. The summed E-state index contributed by atoms with van der Waals surface area (Å²) >= 11 is 1.72. The van der Waals surface area contributed by atoms with Crippen molar-refractivity contribution in [1.29, 1.82) is 0 Å². The van der Waals surface area contributed by atoms with E-state index in [9.17, 15) is 0 Å². The summed E-state index contributed by atoms with van der Waals surface area (Å²) in [7, 11) is 2.08. The number of thioether (sulfide) groups is 1. The molecule has 0 spiro atoms. The maximum Gasteiger partial charge on any atom is 0.169 e. The van der Waals surface area contributed by atoms with Crippen LogP contribution in [0.25, 0.3) is 11.0 Å². The van der Waals surface area contributed by atoms with Crippen molar-refractivity contribution in [2.45, 2.75) is 49.6 Å². The molecule has 0 aromatic carbocycles. The average Bonchev–Trinajstić information content (AvgIpc) is 3.05. The van der Waals surface area contributed by atoms with Gasteiger partial charge >= 0.3 is 0 Å². The summed E-state index contributed by atoms with van der Waals surface area (Å²) in [6.45, 7) is 3.04. The van der Waals surface area contributed by atoms with Crippen LogP contribution in [0.1, 0.15) is 43.8 Å². The lowest BCUT2D eigenvalue weighted by molar-refractivity contribution is 0.391. The fraction of sp³-hybridized carbons (Fsp3) is 0.500. The number of fused-ring (bicyclic) bond motifs is 1. The van der Waals surface area contributed by atoms with Crippen molar-refractivity contribution in [3.05, 3.63) is 30.1 Å². The quantitative estimate of drug-likeness (QED) is 0.673. The monoisotopic (exact) mass is 328 g/mol. The first-order valence-electron chi connectivity index (χ1n) is 8.09. The SMILES string of the molecule is CCn1c(SCc2nnc(C3CCC3)n2C)nc2cnccc21. The minimum atomic E-state index is 0.609. The van der Waals surface area contributed by atoms with Crippen LogP contribution < -0.4 is 0 Å². The predicted octanol–water partition coefficient (Wildman–Crippen LogP) is 3.14. The van der Waals surface area contributed by atoms with Gasteiger partial charge in [0.15, 0.2) is 5.16 Å². The van der Waals surface area contributed by atoms with Crippen molar-refractivity contribution in [2.24, 2.45) is 7.05 Å². The maximum absolute atomic E-state index is 4.70. The van der Waals surface area contributed by atoms with Crippen LogP contribution >= 0.6 is 11.8 Å². The second-order valence-corrected chi connectivity index (χ2v) is 6.90. The van der Waals surface area contributed by atoms with Crippen LogP contribution in [0.15, 0.2) is 23.6 Å². The molecule has 0 aliphatic heterocycles. The highest BCUT2D eigenvalue weighted by molar-refractivity contribution is 7.98. The summed E-state index contributed by atoms with van der Waals surface area (Å²) < 4.78 is 4.39. The number of pyridine rings is 1. The Balaban J connectivity index is 1.56. The Bertz CT molecular complexity index is 832. The molecule has 0 unspecified atom stereocenters. The van der Waals surface area contributed by atoms with Gasteiger partial charge in [0.2, 0.25) is 0 Å². The van der Waals surface area contributed by atoms with E-state index in [1.807, 2.05) is 18.5 Å². The van der Waals surface area contributed by atoms with Gasteiger partial charge < -0.3 is 9.13 Å². The number of aromatic nitrogens is 6. The molecule has 0 N–H and O–H groups in total. The lowest BCUT2D eigenvalue weighted by Crippen LogP contribution is -2.14. The Morgan fingerprint density at radius 3 is 2.91 bits per heavy atom. The largest absolute Gasteiger partial charge is 0.319 e. The molecule has 1 fully saturated rings. The van der Waals surface area contributed by atoms with Gasteiger partial charge in [-0.1, -0.05) is 18.2 Å². The number of nitrogens with zero attached hydrogens (tertiary/aromatic N) is 6. The number of hydrogen-bond acceptors (Lipinski definition) is 5. The number of imidazole rings is 1. The first kappa shape index (κ1) is 14.7.